The minimum absolute atomic E-state index is 0.0161. The Balaban J connectivity index is 1.34. The van der Waals surface area contributed by atoms with Crippen molar-refractivity contribution in [3.63, 3.8) is 0 Å². The van der Waals surface area contributed by atoms with Crippen molar-refractivity contribution in [2.45, 2.75) is 33.3 Å². The summed E-state index contributed by atoms with van der Waals surface area (Å²) >= 11 is 0. The number of hydrogen-bond acceptors (Lipinski definition) is 6. The molecule has 6 heteroatoms. The lowest BCUT2D eigenvalue weighted by Crippen LogP contribution is -2.37. The molecule has 192 valence electrons. The Hall–Kier alpha value is -3.32. The molecule has 2 aromatic heterocycles. The van der Waals surface area contributed by atoms with E-state index in [0.29, 0.717) is 13.0 Å². The first-order valence-electron chi connectivity index (χ1n) is 13.1. The Kier molecular flexibility index (Phi) is 8.09. The quantitative estimate of drug-likeness (QED) is 0.325. The van der Waals surface area contributed by atoms with E-state index in [2.05, 4.69) is 65.1 Å². The standard InChI is InChI=1S/C31H35N3O3/c1-22-25(19-29-31-26(10-11-32-29)18-24(21-35)20-33-31)6-3-7-27(22)28-8-4-9-30(23(28)2)37-15-5-12-34-13-16-36-17-14-34/h3-4,6-11,18,20,35H,5,12-17,19,21H2,1-2H3. The number of aliphatic hydroxyl groups is 1. The maximum atomic E-state index is 9.46. The zero-order valence-electron chi connectivity index (χ0n) is 21.7. The number of aliphatic hydroxyl groups excluding tert-OH is 1. The van der Waals surface area contributed by atoms with Crippen molar-refractivity contribution in [2.75, 3.05) is 39.5 Å². The molecular formula is C31H35N3O3. The van der Waals surface area contributed by atoms with E-state index in [-0.39, 0.29) is 6.61 Å². The van der Waals surface area contributed by atoms with Gasteiger partial charge in [0.1, 0.15) is 5.75 Å². The molecule has 0 amide bonds. The lowest BCUT2D eigenvalue weighted by Gasteiger charge is -2.26. The Morgan fingerprint density at radius 2 is 1.76 bits per heavy atom. The third-order valence-electron chi connectivity index (χ3n) is 7.27. The van der Waals surface area contributed by atoms with Crippen molar-refractivity contribution in [1.29, 1.82) is 0 Å². The van der Waals surface area contributed by atoms with Crippen LogP contribution in [0.15, 0.2) is 60.9 Å². The first-order valence-corrected chi connectivity index (χ1v) is 13.1. The third kappa shape index (κ3) is 5.82. The number of fused-ring (bicyclic) bond motifs is 1. The molecule has 37 heavy (non-hydrogen) atoms. The molecule has 0 saturated carbocycles. The summed E-state index contributed by atoms with van der Waals surface area (Å²) in [5.41, 5.74) is 8.66. The number of hydrogen-bond donors (Lipinski definition) is 1. The highest BCUT2D eigenvalue weighted by Gasteiger charge is 2.14. The Morgan fingerprint density at radius 1 is 0.973 bits per heavy atom. The van der Waals surface area contributed by atoms with Gasteiger partial charge < -0.3 is 14.6 Å². The molecule has 0 unspecified atom stereocenters. The lowest BCUT2D eigenvalue weighted by atomic mass is 9.91. The van der Waals surface area contributed by atoms with Gasteiger partial charge in [-0.1, -0.05) is 30.3 Å². The summed E-state index contributed by atoms with van der Waals surface area (Å²) in [6.07, 6.45) is 5.25. The van der Waals surface area contributed by atoms with Crippen LogP contribution in [0.5, 0.6) is 5.75 Å². The summed E-state index contributed by atoms with van der Waals surface area (Å²) in [5.74, 6) is 0.948. The highest BCUT2D eigenvalue weighted by atomic mass is 16.5. The second-order valence-corrected chi connectivity index (χ2v) is 9.68. The molecule has 1 aliphatic heterocycles. The second-order valence-electron chi connectivity index (χ2n) is 9.68. The third-order valence-corrected chi connectivity index (χ3v) is 7.27. The molecule has 1 N–H and O–H groups in total. The monoisotopic (exact) mass is 497 g/mol. The van der Waals surface area contributed by atoms with Crippen LogP contribution >= 0.6 is 0 Å². The van der Waals surface area contributed by atoms with E-state index < -0.39 is 0 Å². The summed E-state index contributed by atoms with van der Waals surface area (Å²) in [7, 11) is 0. The molecule has 0 aliphatic carbocycles. The first-order chi connectivity index (χ1) is 18.1. The highest BCUT2D eigenvalue weighted by molar-refractivity contribution is 5.81. The molecule has 0 spiro atoms. The number of morpholine rings is 1. The first kappa shape index (κ1) is 25.3. The zero-order chi connectivity index (χ0) is 25.6. The van der Waals surface area contributed by atoms with Gasteiger partial charge >= 0.3 is 0 Å². The fraction of sp³-hybridized carbons (Fsp3) is 0.355. The largest absolute Gasteiger partial charge is 0.493 e. The van der Waals surface area contributed by atoms with Crippen LogP contribution in [0.1, 0.15) is 34.4 Å². The number of pyridine rings is 2. The molecule has 0 atom stereocenters. The summed E-state index contributed by atoms with van der Waals surface area (Å²) in [5, 5.41) is 10.5. The normalized spacial score (nSPS) is 14.2. The number of ether oxygens (including phenoxy) is 2. The van der Waals surface area contributed by atoms with Gasteiger partial charge in [0.2, 0.25) is 0 Å². The molecule has 0 radical (unpaired) electrons. The van der Waals surface area contributed by atoms with E-state index in [1.54, 1.807) is 6.20 Å². The summed E-state index contributed by atoms with van der Waals surface area (Å²) in [4.78, 5) is 11.7. The minimum atomic E-state index is -0.0161. The summed E-state index contributed by atoms with van der Waals surface area (Å²) < 4.78 is 11.7. The van der Waals surface area contributed by atoms with Gasteiger partial charge in [0.05, 0.1) is 37.6 Å². The predicted octanol–water partition coefficient (Wildman–Crippen LogP) is 5.10. The van der Waals surface area contributed by atoms with Crippen molar-refractivity contribution in [3.05, 3.63) is 88.9 Å². The van der Waals surface area contributed by atoms with Crippen molar-refractivity contribution in [3.8, 4) is 16.9 Å². The van der Waals surface area contributed by atoms with Gasteiger partial charge in [-0.2, -0.15) is 0 Å². The van der Waals surface area contributed by atoms with Crippen LogP contribution in [-0.4, -0.2) is 59.4 Å². The highest BCUT2D eigenvalue weighted by Crippen LogP contribution is 2.34. The van der Waals surface area contributed by atoms with E-state index in [1.165, 1.54) is 22.3 Å². The van der Waals surface area contributed by atoms with Crippen LogP contribution in [0.25, 0.3) is 22.0 Å². The van der Waals surface area contributed by atoms with Gasteiger partial charge in [-0.05, 0) is 71.8 Å². The number of rotatable bonds is 9. The molecule has 1 fully saturated rings. The fourth-order valence-corrected chi connectivity index (χ4v) is 5.08. The molecule has 6 nitrogen and oxygen atoms in total. The molecule has 2 aromatic carbocycles. The predicted molar refractivity (Wildman–Crippen MR) is 147 cm³/mol. The fourth-order valence-electron chi connectivity index (χ4n) is 5.08. The Morgan fingerprint density at radius 3 is 2.57 bits per heavy atom. The van der Waals surface area contributed by atoms with E-state index >= 15 is 0 Å². The minimum Gasteiger partial charge on any atom is -0.493 e. The number of nitrogens with zero attached hydrogens (tertiary/aromatic N) is 3. The van der Waals surface area contributed by atoms with Gasteiger partial charge in [0.25, 0.3) is 0 Å². The average Bonchev–Trinajstić information content (AvgIpc) is 2.93. The molecule has 4 aromatic rings. The average molecular weight is 498 g/mol. The SMILES string of the molecule is Cc1c(Cc2nccc3cc(CO)cnc23)cccc1-c1cccc(OCCCN2CCOCC2)c1C. The molecule has 5 rings (SSSR count). The Bertz CT molecular complexity index is 1370. The van der Waals surface area contributed by atoms with Crippen molar-refractivity contribution in [2.24, 2.45) is 0 Å². The van der Waals surface area contributed by atoms with Crippen LogP contribution < -0.4 is 4.74 Å². The maximum absolute atomic E-state index is 9.46. The summed E-state index contributed by atoms with van der Waals surface area (Å²) in [6, 6.07) is 16.7. The smallest absolute Gasteiger partial charge is 0.122 e. The lowest BCUT2D eigenvalue weighted by molar-refractivity contribution is 0.0358. The van der Waals surface area contributed by atoms with Crippen LogP contribution in [-0.2, 0) is 17.8 Å². The number of benzene rings is 2. The van der Waals surface area contributed by atoms with Crippen LogP contribution in [0.3, 0.4) is 0 Å². The number of aromatic nitrogens is 2. The summed E-state index contributed by atoms with van der Waals surface area (Å²) in [6.45, 7) is 9.75. The van der Waals surface area contributed by atoms with Crippen molar-refractivity contribution >= 4 is 10.9 Å². The topological polar surface area (TPSA) is 67.7 Å². The van der Waals surface area contributed by atoms with E-state index in [4.69, 9.17) is 9.47 Å². The van der Waals surface area contributed by atoms with E-state index in [1.807, 2.05) is 18.3 Å². The molecule has 1 saturated heterocycles. The molecule has 0 bridgehead atoms. The van der Waals surface area contributed by atoms with Crippen molar-refractivity contribution in [1.82, 2.24) is 14.9 Å². The van der Waals surface area contributed by atoms with Crippen LogP contribution in [0.2, 0.25) is 0 Å². The van der Waals surface area contributed by atoms with Crippen molar-refractivity contribution < 1.29 is 14.6 Å². The zero-order valence-corrected chi connectivity index (χ0v) is 21.7. The van der Waals surface area contributed by atoms with Gasteiger partial charge in [-0.25, -0.2) is 0 Å². The van der Waals surface area contributed by atoms with Crippen LogP contribution in [0, 0.1) is 13.8 Å². The van der Waals surface area contributed by atoms with Gasteiger partial charge in [-0.3, -0.25) is 14.9 Å². The molecule has 1 aliphatic rings. The molecular weight excluding hydrogens is 462 g/mol. The Labute approximate surface area is 218 Å². The van der Waals surface area contributed by atoms with E-state index in [9.17, 15) is 5.11 Å². The van der Waals surface area contributed by atoms with Crippen LogP contribution in [0.4, 0.5) is 0 Å². The maximum Gasteiger partial charge on any atom is 0.122 e. The van der Waals surface area contributed by atoms with Gasteiger partial charge in [-0.15, -0.1) is 0 Å². The molecule has 3 heterocycles. The second kappa shape index (κ2) is 11.8. The van der Waals surface area contributed by atoms with E-state index in [0.717, 1.165) is 72.7 Å². The van der Waals surface area contributed by atoms with Gasteiger partial charge in [0, 0.05) is 43.8 Å². The van der Waals surface area contributed by atoms with Gasteiger partial charge in [0.15, 0.2) is 0 Å².